The summed E-state index contributed by atoms with van der Waals surface area (Å²) in [7, 11) is 0. The quantitative estimate of drug-likeness (QED) is 0.531. The van der Waals surface area contributed by atoms with Gasteiger partial charge in [0.05, 0.1) is 11.6 Å². The van der Waals surface area contributed by atoms with Crippen LogP contribution in [0.3, 0.4) is 0 Å². The second kappa shape index (κ2) is 6.32. The van der Waals surface area contributed by atoms with Gasteiger partial charge in [-0.2, -0.15) is 0 Å². The summed E-state index contributed by atoms with van der Waals surface area (Å²) in [5, 5.41) is 0.483. The second-order valence-corrected chi connectivity index (χ2v) is 5.89. The normalized spacial score (nSPS) is 10.9. The molecule has 0 radical (unpaired) electrons. The van der Waals surface area contributed by atoms with Crippen LogP contribution in [0.15, 0.2) is 80.6 Å². The average Bonchev–Trinajstić information content (AvgIpc) is 3.15. The number of aryl methyl sites for hydroxylation is 1. The molecule has 0 amide bonds. The highest BCUT2D eigenvalue weighted by Crippen LogP contribution is 2.25. The van der Waals surface area contributed by atoms with Gasteiger partial charge in [0.15, 0.2) is 16.9 Å². The van der Waals surface area contributed by atoms with Crippen molar-refractivity contribution in [3.05, 3.63) is 88.3 Å². The number of hydrogen-bond acceptors (Lipinski definition) is 4. The van der Waals surface area contributed by atoms with Crippen molar-refractivity contribution in [3.63, 3.8) is 0 Å². The third kappa shape index (κ3) is 3.19. The van der Waals surface area contributed by atoms with Gasteiger partial charge in [0, 0.05) is 6.07 Å². The van der Waals surface area contributed by atoms with Crippen molar-refractivity contribution in [2.45, 2.75) is 13.5 Å². The van der Waals surface area contributed by atoms with Gasteiger partial charge in [-0.25, -0.2) is 0 Å². The molecule has 0 saturated carbocycles. The van der Waals surface area contributed by atoms with Gasteiger partial charge in [0.1, 0.15) is 17.9 Å². The lowest BCUT2D eigenvalue weighted by atomic mass is 10.1. The molecule has 25 heavy (non-hydrogen) atoms. The summed E-state index contributed by atoms with van der Waals surface area (Å²) < 4.78 is 16.9. The Kier molecular flexibility index (Phi) is 3.86. The largest absolute Gasteiger partial charge is 0.489 e. The highest BCUT2D eigenvalue weighted by atomic mass is 16.5. The average molecular weight is 332 g/mol. The molecule has 4 nitrogen and oxygen atoms in total. The van der Waals surface area contributed by atoms with Gasteiger partial charge in [-0.1, -0.05) is 29.8 Å². The van der Waals surface area contributed by atoms with E-state index in [1.807, 2.05) is 25.1 Å². The SMILES string of the molecule is Cc1cccc(COc2ccc3oc(-c4ccco4)cc(=O)c3c2)c1. The molecule has 0 bridgehead atoms. The van der Waals surface area contributed by atoms with Gasteiger partial charge >= 0.3 is 0 Å². The number of furan rings is 1. The Labute approximate surface area is 144 Å². The predicted octanol–water partition coefficient (Wildman–Crippen LogP) is 4.94. The van der Waals surface area contributed by atoms with Gasteiger partial charge in [-0.3, -0.25) is 4.79 Å². The van der Waals surface area contributed by atoms with Crippen LogP contribution >= 0.6 is 0 Å². The second-order valence-electron chi connectivity index (χ2n) is 5.89. The minimum Gasteiger partial charge on any atom is -0.489 e. The molecule has 4 rings (SSSR count). The summed E-state index contributed by atoms with van der Waals surface area (Å²) in [4.78, 5) is 12.4. The number of fused-ring (bicyclic) bond motifs is 1. The van der Waals surface area contributed by atoms with Gasteiger partial charge < -0.3 is 13.6 Å². The van der Waals surface area contributed by atoms with E-state index in [1.54, 1.807) is 36.6 Å². The molecule has 0 aliphatic rings. The molecule has 2 aromatic carbocycles. The Balaban J connectivity index is 1.63. The Morgan fingerprint density at radius 2 is 1.88 bits per heavy atom. The minimum atomic E-state index is -0.131. The van der Waals surface area contributed by atoms with Crippen molar-refractivity contribution in [1.82, 2.24) is 0 Å². The zero-order chi connectivity index (χ0) is 17.2. The van der Waals surface area contributed by atoms with Gasteiger partial charge in [-0.15, -0.1) is 0 Å². The maximum Gasteiger partial charge on any atom is 0.193 e. The predicted molar refractivity (Wildman–Crippen MR) is 95.7 cm³/mol. The first-order valence-electron chi connectivity index (χ1n) is 7.99. The molecule has 2 heterocycles. The molecule has 0 N–H and O–H groups in total. The highest BCUT2D eigenvalue weighted by molar-refractivity contribution is 5.79. The van der Waals surface area contributed by atoms with Crippen LogP contribution in [0.4, 0.5) is 0 Å². The van der Waals surface area contributed by atoms with Crippen LogP contribution in [0.25, 0.3) is 22.5 Å². The summed E-state index contributed by atoms with van der Waals surface area (Å²) in [6.07, 6.45) is 1.54. The lowest BCUT2D eigenvalue weighted by molar-refractivity contribution is 0.306. The molecule has 0 spiro atoms. The van der Waals surface area contributed by atoms with E-state index < -0.39 is 0 Å². The smallest absolute Gasteiger partial charge is 0.193 e. The third-order valence-electron chi connectivity index (χ3n) is 3.95. The zero-order valence-corrected chi connectivity index (χ0v) is 13.7. The maximum absolute atomic E-state index is 12.4. The molecule has 0 unspecified atom stereocenters. The summed E-state index contributed by atoms with van der Waals surface area (Å²) >= 11 is 0. The molecule has 4 aromatic rings. The summed E-state index contributed by atoms with van der Waals surface area (Å²) in [6, 6.07) is 18.3. The van der Waals surface area contributed by atoms with Crippen LogP contribution in [0.1, 0.15) is 11.1 Å². The Morgan fingerprint density at radius 1 is 0.960 bits per heavy atom. The van der Waals surface area contributed by atoms with Crippen molar-refractivity contribution in [2.75, 3.05) is 0 Å². The third-order valence-corrected chi connectivity index (χ3v) is 3.95. The molecular weight excluding hydrogens is 316 g/mol. The van der Waals surface area contributed by atoms with E-state index in [4.69, 9.17) is 13.6 Å². The van der Waals surface area contributed by atoms with E-state index in [-0.39, 0.29) is 5.43 Å². The molecule has 0 saturated heterocycles. The van der Waals surface area contributed by atoms with Crippen molar-refractivity contribution in [1.29, 1.82) is 0 Å². The highest BCUT2D eigenvalue weighted by Gasteiger charge is 2.10. The lowest BCUT2D eigenvalue weighted by Crippen LogP contribution is -2.01. The molecular formula is C21H16O4. The van der Waals surface area contributed by atoms with E-state index in [0.717, 1.165) is 5.56 Å². The molecule has 0 aliphatic heterocycles. The van der Waals surface area contributed by atoms with E-state index in [1.165, 1.54) is 11.6 Å². The van der Waals surface area contributed by atoms with Crippen molar-refractivity contribution in [2.24, 2.45) is 0 Å². The first kappa shape index (κ1) is 15.3. The fourth-order valence-corrected chi connectivity index (χ4v) is 2.73. The van der Waals surface area contributed by atoms with Crippen molar-refractivity contribution in [3.8, 4) is 17.3 Å². The Morgan fingerprint density at radius 3 is 2.68 bits per heavy atom. The van der Waals surface area contributed by atoms with Crippen LogP contribution in [0, 0.1) is 6.92 Å². The summed E-state index contributed by atoms with van der Waals surface area (Å²) in [5.41, 5.74) is 2.64. The standard InChI is InChI=1S/C21H16O4/c1-14-4-2-5-15(10-14)13-24-16-7-8-19-17(11-16)18(22)12-21(25-19)20-6-3-9-23-20/h2-12H,13H2,1H3. The van der Waals surface area contributed by atoms with Crippen molar-refractivity contribution < 1.29 is 13.6 Å². The van der Waals surface area contributed by atoms with Crippen LogP contribution < -0.4 is 10.2 Å². The van der Waals surface area contributed by atoms with Gasteiger partial charge in [0.25, 0.3) is 0 Å². The fraction of sp³-hybridized carbons (Fsp3) is 0.0952. The fourth-order valence-electron chi connectivity index (χ4n) is 2.73. The molecule has 124 valence electrons. The first-order chi connectivity index (χ1) is 12.2. The molecule has 0 aliphatic carbocycles. The summed E-state index contributed by atoms with van der Waals surface area (Å²) in [5.74, 6) is 1.57. The molecule has 0 atom stereocenters. The van der Waals surface area contributed by atoms with E-state index in [2.05, 4.69) is 6.07 Å². The van der Waals surface area contributed by atoms with Crippen molar-refractivity contribution >= 4 is 11.0 Å². The van der Waals surface area contributed by atoms with Crippen LogP contribution in [-0.4, -0.2) is 0 Å². The summed E-state index contributed by atoms with van der Waals surface area (Å²) in [6.45, 7) is 2.49. The number of benzene rings is 2. The van der Waals surface area contributed by atoms with Gasteiger partial charge in [-0.05, 0) is 42.8 Å². The number of rotatable bonds is 4. The first-order valence-corrected chi connectivity index (χ1v) is 7.99. The Bertz CT molecular complexity index is 1070. The molecule has 2 aromatic heterocycles. The number of hydrogen-bond donors (Lipinski definition) is 0. The molecule has 4 heteroatoms. The maximum atomic E-state index is 12.4. The lowest BCUT2D eigenvalue weighted by Gasteiger charge is -2.08. The van der Waals surface area contributed by atoms with Crippen LogP contribution in [0.5, 0.6) is 5.75 Å². The van der Waals surface area contributed by atoms with Gasteiger partial charge in [0.2, 0.25) is 0 Å². The minimum absolute atomic E-state index is 0.131. The van der Waals surface area contributed by atoms with Crippen LogP contribution in [-0.2, 0) is 6.61 Å². The van der Waals surface area contributed by atoms with E-state index >= 15 is 0 Å². The Hall–Kier alpha value is -3.27. The monoisotopic (exact) mass is 332 g/mol. The van der Waals surface area contributed by atoms with Crippen LogP contribution in [0.2, 0.25) is 0 Å². The topological polar surface area (TPSA) is 52.6 Å². The zero-order valence-electron chi connectivity index (χ0n) is 13.7. The molecule has 0 fully saturated rings. The van der Waals surface area contributed by atoms with E-state index in [9.17, 15) is 4.79 Å². The number of ether oxygens (including phenoxy) is 1. The van der Waals surface area contributed by atoms with E-state index in [0.29, 0.717) is 34.8 Å².